The molecule has 0 aliphatic rings. The highest BCUT2D eigenvalue weighted by atomic mass is 16.5. The lowest BCUT2D eigenvalue weighted by Gasteiger charge is -2.13. The van der Waals surface area contributed by atoms with Crippen LogP contribution in [0, 0.1) is 0 Å². The van der Waals surface area contributed by atoms with Crippen LogP contribution in [0.5, 0.6) is 5.75 Å². The van der Waals surface area contributed by atoms with Crippen molar-refractivity contribution in [2.75, 3.05) is 0 Å². The van der Waals surface area contributed by atoms with Crippen molar-refractivity contribution in [1.82, 2.24) is 0 Å². The lowest BCUT2D eigenvalue weighted by atomic mass is 10.2. The van der Waals surface area contributed by atoms with Crippen LogP contribution >= 0.6 is 0 Å². The van der Waals surface area contributed by atoms with E-state index in [4.69, 9.17) is 10.5 Å². The maximum absolute atomic E-state index is 11.0. The quantitative estimate of drug-likeness (QED) is 0.804. The van der Waals surface area contributed by atoms with Crippen LogP contribution in [-0.2, 0) is 4.79 Å². The number of benzene rings is 1. The summed E-state index contributed by atoms with van der Waals surface area (Å²) >= 11 is 0. The van der Waals surface area contributed by atoms with Crippen LogP contribution in [0.2, 0.25) is 0 Å². The minimum Gasteiger partial charge on any atom is -0.482 e. The minimum atomic E-state index is -0.578. The van der Waals surface area contributed by atoms with Gasteiger partial charge in [-0.2, -0.15) is 0 Å². The first-order chi connectivity index (χ1) is 7.02. The predicted octanol–water partition coefficient (Wildman–Crippen LogP) is 1.14. The first kappa shape index (κ1) is 11.2. The van der Waals surface area contributed by atoms with Crippen LogP contribution in [0.4, 0.5) is 0 Å². The Morgan fingerprint density at radius 3 is 2.47 bits per heavy atom. The molecule has 1 rings (SSSR count). The molecule has 0 heterocycles. The maximum Gasteiger partial charge on any atom is 0.252 e. The summed E-state index contributed by atoms with van der Waals surface area (Å²) in [5, 5.41) is 0. The second-order valence-corrected chi connectivity index (χ2v) is 3.23. The van der Waals surface area contributed by atoms with Crippen molar-refractivity contribution in [3.05, 3.63) is 29.8 Å². The highest BCUT2D eigenvalue weighted by molar-refractivity contribution is 5.95. The molecule has 4 nitrogen and oxygen atoms in total. The summed E-state index contributed by atoms with van der Waals surface area (Å²) in [6.07, 6.45) is -0.578. The van der Waals surface area contributed by atoms with Crippen LogP contribution < -0.4 is 10.5 Å². The molecule has 0 spiro atoms. The average molecular weight is 207 g/mol. The number of Topliss-reactive ketones (excluding diaryl/α,β-unsaturated/α-hetero) is 1. The van der Waals surface area contributed by atoms with Crippen molar-refractivity contribution >= 4 is 11.7 Å². The molecule has 0 fully saturated rings. The van der Waals surface area contributed by atoms with Crippen molar-refractivity contribution in [2.45, 2.75) is 20.0 Å². The molecule has 0 bridgehead atoms. The average Bonchev–Trinajstić information content (AvgIpc) is 2.18. The summed E-state index contributed by atoms with van der Waals surface area (Å²) in [7, 11) is 0. The smallest absolute Gasteiger partial charge is 0.252 e. The number of ether oxygens (including phenoxy) is 1. The first-order valence-corrected chi connectivity index (χ1v) is 4.58. The van der Waals surface area contributed by atoms with Crippen LogP contribution in [0.15, 0.2) is 24.3 Å². The fourth-order valence-corrected chi connectivity index (χ4v) is 1.05. The van der Waals surface area contributed by atoms with Gasteiger partial charge >= 0.3 is 0 Å². The van der Waals surface area contributed by atoms with Gasteiger partial charge in [-0.25, -0.2) is 0 Å². The van der Waals surface area contributed by atoms with E-state index in [9.17, 15) is 9.59 Å². The summed E-state index contributed by atoms with van der Waals surface area (Å²) in [5.74, 6) is -0.330. The molecule has 4 heteroatoms. The van der Waals surface area contributed by atoms with Crippen molar-refractivity contribution in [3.8, 4) is 5.75 Å². The molecule has 2 N–H and O–H groups in total. The summed E-state index contributed by atoms with van der Waals surface area (Å²) in [4.78, 5) is 22.0. The van der Waals surface area contributed by atoms with E-state index in [-0.39, 0.29) is 11.3 Å². The molecule has 15 heavy (non-hydrogen) atoms. The zero-order chi connectivity index (χ0) is 11.4. The molecule has 1 aromatic carbocycles. The number of hydrogen-bond donors (Lipinski definition) is 1. The molecular formula is C11H13NO3. The summed E-state index contributed by atoms with van der Waals surface area (Å²) in [6.45, 7) is 3.05. The Labute approximate surface area is 88.0 Å². The van der Waals surface area contributed by atoms with E-state index in [1.165, 1.54) is 6.92 Å². The highest BCUT2D eigenvalue weighted by Crippen LogP contribution is 2.18. The third-order valence-corrected chi connectivity index (χ3v) is 2.03. The molecule has 1 atom stereocenters. The Bertz CT molecular complexity index is 387. The Morgan fingerprint density at radius 2 is 1.93 bits per heavy atom. The Balaban J connectivity index is 2.94. The molecule has 1 unspecified atom stereocenters. The standard InChI is InChI=1S/C11H13NO3/c1-7(13)8(2)15-10-6-4-3-5-9(10)11(12)14/h3-6,8H,1-2H3,(H2,12,14). The number of para-hydroxylation sites is 1. The SMILES string of the molecule is CC(=O)C(C)Oc1ccccc1C(N)=O. The highest BCUT2D eigenvalue weighted by Gasteiger charge is 2.13. The van der Waals surface area contributed by atoms with Gasteiger partial charge in [-0.05, 0) is 26.0 Å². The van der Waals surface area contributed by atoms with Crippen molar-refractivity contribution in [2.24, 2.45) is 5.73 Å². The maximum atomic E-state index is 11.0. The van der Waals surface area contributed by atoms with E-state index in [2.05, 4.69) is 0 Å². The van der Waals surface area contributed by atoms with E-state index in [0.717, 1.165) is 0 Å². The predicted molar refractivity (Wildman–Crippen MR) is 55.7 cm³/mol. The molecule has 0 saturated carbocycles. The molecule has 0 aromatic heterocycles. The molecule has 80 valence electrons. The molecular weight excluding hydrogens is 194 g/mol. The fourth-order valence-electron chi connectivity index (χ4n) is 1.05. The van der Waals surface area contributed by atoms with E-state index < -0.39 is 12.0 Å². The van der Waals surface area contributed by atoms with Gasteiger partial charge in [-0.1, -0.05) is 12.1 Å². The second kappa shape index (κ2) is 4.59. The monoisotopic (exact) mass is 207 g/mol. The number of hydrogen-bond acceptors (Lipinski definition) is 3. The molecule has 0 aliphatic heterocycles. The Hall–Kier alpha value is -1.84. The van der Waals surface area contributed by atoms with Gasteiger partial charge in [0.2, 0.25) is 0 Å². The fraction of sp³-hybridized carbons (Fsp3) is 0.273. The number of ketones is 1. The van der Waals surface area contributed by atoms with Gasteiger partial charge in [0, 0.05) is 0 Å². The lowest BCUT2D eigenvalue weighted by molar-refractivity contribution is -0.122. The number of rotatable bonds is 4. The van der Waals surface area contributed by atoms with Gasteiger partial charge in [-0.3, -0.25) is 9.59 Å². The zero-order valence-corrected chi connectivity index (χ0v) is 8.69. The first-order valence-electron chi connectivity index (χ1n) is 4.58. The lowest BCUT2D eigenvalue weighted by Crippen LogP contribution is -2.22. The van der Waals surface area contributed by atoms with Gasteiger partial charge in [0.1, 0.15) is 5.75 Å². The number of nitrogens with two attached hydrogens (primary N) is 1. The summed E-state index contributed by atoms with van der Waals surface area (Å²) in [5.41, 5.74) is 5.45. The van der Waals surface area contributed by atoms with Crippen molar-refractivity contribution in [1.29, 1.82) is 0 Å². The van der Waals surface area contributed by atoms with Crippen molar-refractivity contribution in [3.63, 3.8) is 0 Å². The molecule has 0 saturated heterocycles. The number of carbonyl (C=O) groups excluding carboxylic acids is 2. The van der Waals surface area contributed by atoms with Gasteiger partial charge in [0.25, 0.3) is 5.91 Å². The third-order valence-electron chi connectivity index (χ3n) is 2.03. The summed E-state index contributed by atoms with van der Waals surface area (Å²) < 4.78 is 5.32. The number of primary amides is 1. The Kier molecular flexibility index (Phi) is 3.44. The third kappa shape index (κ3) is 2.80. The van der Waals surface area contributed by atoms with E-state index in [1.54, 1.807) is 31.2 Å². The van der Waals surface area contributed by atoms with Crippen molar-refractivity contribution < 1.29 is 14.3 Å². The van der Waals surface area contributed by atoms with Crippen LogP contribution in [-0.4, -0.2) is 17.8 Å². The van der Waals surface area contributed by atoms with Gasteiger partial charge in [-0.15, -0.1) is 0 Å². The zero-order valence-electron chi connectivity index (χ0n) is 8.69. The normalized spacial score (nSPS) is 11.9. The second-order valence-electron chi connectivity index (χ2n) is 3.23. The molecule has 1 amide bonds. The largest absolute Gasteiger partial charge is 0.482 e. The molecule has 0 aliphatic carbocycles. The van der Waals surface area contributed by atoms with Crippen LogP contribution in [0.1, 0.15) is 24.2 Å². The van der Waals surface area contributed by atoms with Gasteiger partial charge in [0.15, 0.2) is 11.9 Å². The minimum absolute atomic E-state index is 0.103. The number of carbonyl (C=O) groups is 2. The Morgan fingerprint density at radius 1 is 1.33 bits per heavy atom. The van der Waals surface area contributed by atoms with Gasteiger partial charge in [0.05, 0.1) is 5.56 Å². The van der Waals surface area contributed by atoms with E-state index in [0.29, 0.717) is 5.75 Å². The molecule has 1 aromatic rings. The topological polar surface area (TPSA) is 69.4 Å². The van der Waals surface area contributed by atoms with Crippen LogP contribution in [0.3, 0.4) is 0 Å². The van der Waals surface area contributed by atoms with Gasteiger partial charge < -0.3 is 10.5 Å². The van der Waals surface area contributed by atoms with E-state index >= 15 is 0 Å². The summed E-state index contributed by atoms with van der Waals surface area (Å²) in [6, 6.07) is 6.57. The van der Waals surface area contributed by atoms with E-state index in [1.807, 2.05) is 0 Å². The number of amides is 1. The molecule has 0 radical (unpaired) electrons. The van der Waals surface area contributed by atoms with Crippen LogP contribution in [0.25, 0.3) is 0 Å².